The van der Waals surface area contributed by atoms with Crippen molar-refractivity contribution in [1.29, 1.82) is 0 Å². The standard InChI is InChI=1S/C19H32N2O3/c1-4-7-8-16-23-18-12-10-17(11-13-18)19(22)24-20-14-9-15-21(5-2)6-3/h10-13,20H,4-9,14-16H2,1-3H3. The molecular formula is C19H32N2O3. The Morgan fingerprint density at radius 2 is 1.75 bits per heavy atom. The second-order valence-electron chi connectivity index (χ2n) is 5.74. The van der Waals surface area contributed by atoms with Gasteiger partial charge in [0.05, 0.1) is 12.2 Å². The first-order chi connectivity index (χ1) is 11.7. The van der Waals surface area contributed by atoms with Gasteiger partial charge in [-0.25, -0.2) is 4.79 Å². The Morgan fingerprint density at radius 3 is 2.38 bits per heavy atom. The fraction of sp³-hybridized carbons (Fsp3) is 0.632. The van der Waals surface area contributed by atoms with Gasteiger partial charge >= 0.3 is 5.97 Å². The lowest BCUT2D eigenvalue weighted by Gasteiger charge is -2.17. The Bertz CT molecular complexity index is 444. The van der Waals surface area contributed by atoms with E-state index in [0.717, 1.165) is 38.2 Å². The summed E-state index contributed by atoms with van der Waals surface area (Å²) in [5.41, 5.74) is 3.26. The van der Waals surface area contributed by atoms with Crippen LogP contribution in [0.15, 0.2) is 24.3 Å². The van der Waals surface area contributed by atoms with E-state index < -0.39 is 0 Å². The van der Waals surface area contributed by atoms with Crippen LogP contribution in [0.5, 0.6) is 5.75 Å². The van der Waals surface area contributed by atoms with Crippen LogP contribution in [0.2, 0.25) is 0 Å². The second-order valence-corrected chi connectivity index (χ2v) is 5.74. The molecule has 0 saturated carbocycles. The topological polar surface area (TPSA) is 50.8 Å². The zero-order chi connectivity index (χ0) is 17.6. The molecule has 0 heterocycles. The average molecular weight is 336 g/mol. The fourth-order valence-electron chi connectivity index (χ4n) is 2.32. The summed E-state index contributed by atoms with van der Waals surface area (Å²) in [5, 5.41) is 0. The molecule has 0 bridgehead atoms. The zero-order valence-electron chi connectivity index (χ0n) is 15.3. The van der Waals surface area contributed by atoms with Crippen LogP contribution in [-0.4, -0.2) is 43.7 Å². The summed E-state index contributed by atoms with van der Waals surface area (Å²) in [6.45, 7) is 10.9. The molecular weight excluding hydrogens is 304 g/mol. The minimum Gasteiger partial charge on any atom is -0.494 e. The molecule has 0 aliphatic heterocycles. The van der Waals surface area contributed by atoms with E-state index in [2.05, 4.69) is 31.2 Å². The van der Waals surface area contributed by atoms with Crippen LogP contribution < -0.4 is 10.2 Å². The van der Waals surface area contributed by atoms with Crippen molar-refractivity contribution in [3.63, 3.8) is 0 Å². The molecule has 24 heavy (non-hydrogen) atoms. The van der Waals surface area contributed by atoms with Crippen LogP contribution in [0.1, 0.15) is 56.8 Å². The van der Waals surface area contributed by atoms with Crippen LogP contribution in [0.3, 0.4) is 0 Å². The Balaban J connectivity index is 2.22. The van der Waals surface area contributed by atoms with Gasteiger partial charge in [-0.2, -0.15) is 5.48 Å². The molecule has 136 valence electrons. The number of carbonyl (C=O) groups excluding carboxylic acids is 1. The SMILES string of the molecule is CCCCCOc1ccc(C(=O)ONCCCN(CC)CC)cc1. The number of benzene rings is 1. The first-order valence-corrected chi connectivity index (χ1v) is 9.10. The van der Waals surface area contributed by atoms with E-state index in [1.165, 1.54) is 12.8 Å². The Hall–Kier alpha value is -1.59. The highest BCUT2D eigenvalue weighted by atomic mass is 16.7. The van der Waals surface area contributed by atoms with Crippen LogP contribution >= 0.6 is 0 Å². The average Bonchev–Trinajstić information content (AvgIpc) is 2.62. The third kappa shape index (κ3) is 8.31. The van der Waals surface area contributed by atoms with Gasteiger partial charge in [-0.05, 0) is 56.7 Å². The van der Waals surface area contributed by atoms with Gasteiger partial charge in [0.2, 0.25) is 0 Å². The molecule has 0 aromatic heterocycles. The summed E-state index contributed by atoms with van der Waals surface area (Å²) < 4.78 is 5.63. The molecule has 0 amide bonds. The Kier molecular flexibility index (Phi) is 10.9. The summed E-state index contributed by atoms with van der Waals surface area (Å²) in [6, 6.07) is 7.08. The predicted molar refractivity (Wildman–Crippen MR) is 97.3 cm³/mol. The molecule has 0 aliphatic carbocycles. The van der Waals surface area contributed by atoms with E-state index in [1.54, 1.807) is 12.1 Å². The van der Waals surface area contributed by atoms with Gasteiger partial charge in [0.15, 0.2) is 0 Å². The summed E-state index contributed by atoms with van der Waals surface area (Å²) >= 11 is 0. The molecule has 1 rings (SSSR count). The molecule has 0 fully saturated rings. The van der Waals surface area contributed by atoms with Crippen molar-refractivity contribution in [1.82, 2.24) is 10.4 Å². The van der Waals surface area contributed by atoms with Crippen LogP contribution in [0, 0.1) is 0 Å². The normalized spacial score (nSPS) is 10.8. The van der Waals surface area contributed by atoms with E-state index in [0.29, 0.717) is 18.7 Å². The minimum atomic E-state index is -0.365. The van der Waals surface area contributed by atoms with E-state index in [9.17, 15) is 4.79 Å². The number of rotatable bonds is 13. The molecule has 1 aromatic carbocycles. The highest BCUT2D eigenvalue weighted by molar-refractivity contribution is 5.89. The molecule has 5 nitrogen and oxygen atoms in total. The maximum atomic E-state index is 11.9. The number of hydrogen-bond acceptors (Lipinski definition) is 5. The van der Waals surface area contributed by atoms with Crippen molar-refractivity contribution >= 4 is 5.97 Å². The van der Waals surface area contributed by atoms with Gasteiger partial charge in [0.1, 0.15) is 5.75 Å². The lowest BCUT2D eigenvalue weighted by atomic mass is 10.2. The monoisotopic (exact) mass is 336 g/mol. The van der Waals surface area contributed by atoms with Crippen molar-refractivity contribution in [3.05, 3.63) is 29.8 Å². The number of unbranched alkanes of at least 4 members (excludes halogenated alkanes) is 2. The van der Waals surface area contributed by atoms with Gasteiger partial charge in [-0.1, -0.05) is 33.6 Å². The summed E-state index contributed by atoms with van der Waals surface area (Å²) in [6.07, 6.45) is 4.34. The Morgan fingerprint density at radius 1 is 1.04 bits per heavy atom. The van der Waals surface area contributed by atoms with E-state index in [-0.39, 0.29) is 5.97 Å². The lowest BCUT2D eigenvalue weighted by Crippen LogP contribution is -2.28. The minimum absolute atomic E-state index is 0.365. The first kappa shape index (κ1) is 20.5. The zero-order valence-corrected chi connectivity index (χ0v) is 15.3. The number of hydroxylamine groups is 1. The number of nitrogens with zero attached hydrogens (tertiary/aromatic N) is 1. The van der Waals surface area contributed by atoms with Gasteiger partial charge < -0.3 is 14.5 Å². The van der Waals surface area contributed by atoms with Crippen LogP contribution in [0.25, 0.3) is 0 Å². The molecule has 5 heteroatoms. The van der Waals surface area contributed by atoms with Crippen molar-refractivity contribution in [2.24, 2.45) is 0 Å². The van der Waals surface area contributed by atoms with Gasteiger partial charge in [0, 0.05) is 6.54 Å². The van der Waals surface area contributed by atoms with Crippen molar-refractivity contribution < 1.29 is 14.4 Å². The molecule has 0 aliphatic rings. The molecule has 0 spiro atoms. The smallest absolute Gasteiger partial charge is 0.356 e. The number of ether oxygens (including phenoxy) is 1. The van der Waals surface area contributed by atoms with Crippen molar-refractivity contribution in [3.8, 4) is 5.75 Å². The third-order valence-electron chi connectivity index (χ3n) is 3.92. The van der Waals surface area contributed by atoms with E-state index in [1.807, 2.05) is 12.1 Å². The first-order valence-electron chi connectivity index (χ1n) is 9.10. The number of carbonyl (C=O) groups is 1. The largest absolute Gasteiger partial charge is 0.494 e. The lowest BCUT2D eigenvalue weighted by molar-refractivity contribution is 0.0247. The summed E-state index contributed by atoms with van der Waals surface area (Å²) in [5.74, 6) is 0.421. The number of hydrogen-bond donors (Lipinski definition) is 1. The quantitative estimate of drug-likeness (QED) is 0.440. The molecule has 0 radical (unpaired) electrons. The van der Waals surface area contributed by atoms with E-state index >= 15 is 0 Å². The maximum absolute atomic E-state index is 11.9. The number of nitrogens with one attached hydrogen (secondary N) is 1. The summed E-state index contributed by atoms with van der Waals surface area (Å²) in [7, 11) is 0. The molecule has 0 atom stereocenters. The summed E-state index contributed by atoms with van der Waals surface area (Å²) in [4.78, 5) is 19.3. The highest BCUT2D eigenvalue weighted by Crippen LogP contribution is 2.13. The van der Waals surface area contributed by atoms with Gasteiger partial charge in [0.25, 0.3) is 0 Å². The molecule has 1 aromatic rings. The van der Waals surface area contributed by atoms with Crippen LogP contribution in [-0.2, 0) is 4.84 Å². The predicted octanol–water partition coefficient (Wildman–Crippen LogP) is 3.65. The molecule has 1 N–H and O–H groups in total. The Labute approximate surface area is 146 Å². The van der Waals surface area contributed by atoms with Crippen molar-refractivity contribution in [2.45, 2.75) is 46.5 Å². The fourth-order valence-corrected chi connectivity index (χ4v) is 2.32. The third-order valence-corrected chi connectivity index (χ3v) is 3.92. The highest BCUT2D eigenvalue weighted by Gasteiger charge is 2.07. The van der Waals surface area contributed by atoms with Crippen LogP contribution in [0.4, 0.5) is 0 Å². The second kappa shape index (κ2) is 12.8. The van der Waals surface area contributed by atoms with Gasteiger partial charge in [-0.3, -0.25) is 0 Å². The maximum Gasteiger partial charge on any atom is 0.356 e. The van der Waals surface area contributed by atoms with Crippen molar-refractivity contribution in [2.75, 3.05) is 32.8 Å². The van der Waals surface area contributed by atoms with E-state index in [4.69, 9.17) is 9.57 Å². The molecule has 0 saturated heterocycles. The molecule has 0 unspecified atom stereocenters. The van der Waals surface area contributed by atoms with Gasteiger partial charge in [-0.15, -0.1) is 0 Å².